The van der Waals surface area contributed by atoms with Crippen LogP contribution in [-0.4, -0.2) is 77.8 Å². The predicted octanol–water partition coefficient (Wildman–Crippen LogP) is 4.74. The number of aliphatic carboxylic acids is 2. The SMILES string of the molecule is COc1ccc(C[C@H]2CN(Cc3cccc(C)n3)CC[C@H]2OC)cc1.O=C(O)C(F)(F)F.O=C(O)C(F)(F)F. The fraction of sp³-hybridized carbons (Fsp3) is 0.480. The quantitative estimate of drug-likeness (QED) is 0.481. The van der Waals surface area contributed by atoms with Gasteiger partial charge in [0.2, 0.25) is 0 Å². The first-order valence-corrected chi connectivity index (χ1v) is 11.5. The van der Waals surface area contributed by atoms with Crippen LogP contribution in [0, 0.1) is 12.8 Å². The van der Waals surface area contributed by atoms with Crippen LogP contribution in [0.4, 0.5) is 26.3 Å². The highest BCUT2D eigenvalue weighted by Crippen LogP contribution is 2.25. The molecule has 1 aromatic heterocycles. The van der Waals surface area contributed by atoms with Crippen LogP contribution in [0.1, 0.15) is 23.4 Å². The summed E-state index contributed by atoms with van der Waals surface area (Å²) in [5.41, 5.74) is 3.57. The van der Waals surface area contributed by atoms with Gasteiger partial charge in [0.05, 0.1) is 18.9 Å². The zero-order valence-electron chi connectivity index (χ0n) is 21.4. The number of alkyl halides is 6. The molecule has 3 rings (SSSR count). The molecule has 0 saturated carbocycles. The van der Waals surface area contributed by atoms with Crippen LogP contribution in [0.2, 0.25) is 0 Å². The molecular formula is C25H30F6N2O6. The van der Waals surface area contributed by atoms with Crippen LogP contribution >= 0.6 is 0 Å². The van der Waals surface area contributed by atoms with Gasteiger partial charge in [-0.25, -0.2) is 9.59 Å². The number of carboxylic acid groups (broad SMARTS) is 2. The highest BCUT2D eigenvalue weighted by atomic mass is 19.4. The maximum absolute atomic E-state index is 10.6. The minimum atomic E-state index is -5.08. The molecule has 14 heteroatoms. The van der Waals surface area contributed by atoms with Crippen molar-refractivity contribution >= 4 is 11.9 Å². The van der Waals surface area contributed by atoms with E-state index in [0.717, 1.165) is 49.6 Å². The summed E-state index contributed by atoms with van der Waals surface area (Å²) in [6, 6.07) is 14.7. The highest BCUT2D eigenvalue weighted by molar-refractivity contribution is 5.73. The molecule has 1 fully saturated rings. The molecule has 1 aliphatic heterocycles. The third-order valence-electron chi connectivity index (χ3n) is 5.52. The first-order valence-electron chi connectivity index (χ1n) is 11.5. The molecule has 2 heterocycles. The Balaban J connectivity index is 0.000000449. The van der Waals surface area contributed by atoms with Crippen molar-refractivity contribution in [2.24, 2.45) is 5.92 Å². The second kappa shape index (κ2) is 15.3. The number of carbonyl (C=O) groups is 2. The molecule has 0 radical (unpaired) electrons. The van der Waals surface area contributed by atoms with Gasteiger partial charge < -0.3 is 19.7 Å². The second-order valence-electron chi connectivity index (χ2n) is 8.49. The van der Waals surface area contributed by atoms with E-state index in [4.69, 9.17) is 29.3 Å². The minimum Gasteiger partial charge on any atom is -0.497 e. The first kappa shape index (κ1) is 33.6. The van der Waals surface area contributed by atoms with Crippen LogP contribution in [0.15, 0.2) is 42.5 Å². The Morgan fingerprint density at radius 3 is 1.95 bits per heavy atom. The van der Waals surface area contributed by atoms with Crippen molar-refractivity contribution in [1.82, 2.24) is 9.88 Å². The lowest BCUT2D eigenvalue weighted by molar-refractivity contribution is -0.193. The van der Waals surface area contributed by atoms with Crippen molar-refractivity contribution in [2.45, 2.75) is 44.8 Å². The fourth-order valence-corrected chi connectivity index (χ4v) is 3.72. The van der Waals surface area contributed by atoms with Crippen LogP contribution in [0.3, 0.4) is 0 Å². The van der Waals surface area contributed by atoms with Gasteiger partial charge in [-0.05, 0) is 49.6 Å². The summed E-state index contributed by atoms with van der Waals surface area (Å²) in [6.45, 7) is 5.07. The van der Waals surface area contributed by atoms with E-state index in [9.17, 15) is 26.3 Å². The Morgan fingerprint density at radius 1 is 0.974 bits per heavy atom. The number of nitrogens with zero attached hydrogens (tertiary/aromatic N) is 2. The Kier molecular flexibility index (Phi) is 13.2. The molecule has 0 bridgehead atoms. The zero-order chi connectivity index (χ0) is 29.8. The average molecular weight is 569 g/mol. The second-order valence-corrected chi connectivity index (χ2v) is 8.49. The van der Waals surface area contributed by atoms with Gasteiger partial charge in [0, 0.05) is 38.4 Å². The Labute approximate surface area is 221 Å². The molecule has 0 unspecified atom stereocenters. The maximum atomic E-state index is 10.6. The predicted molar refractivity (Wildman–Crippen MR) is 127 cm³/mol. The van der Waals surface area contributed by atoms with E-state index >= 15 is 0 Å². The van der Waals surface area contributed by atoms with Crippen LogP contribution < -0.4 is 4.74 Å². The standard InChI is InChI=1S/C21H28N2O2.2C2HF3O2/c1-16-5-4-6-19(22-16)15-23-12-11-21(25-3)18(14-23)13-17-7-9-20(24-2)10-8-17;2*3-2(4,5)1(6)7/h4-10,18,21H,11-15H2,1-3H3;2*(H,6,7)/t18-,21+;;/m0../s1. The van der Waals surface area contributed by atoms with Crippen molar-refractivity contribution in [3.63, 3.8) is 0 Å². The van der Waals surface area contributed by atoms with Gasteiger partial charge in [-0.2, -0.15) is 26.3 Å². The lowest BCUT2D eigenvalue weighted by Gasteiger charge is -2.38. The van der Waals surface area contributed by atoms with Gasteiger partial charge in [0.15, 0.2) is 0 Å². The van der Waals surface area contributed by atoms with Gasteiger partial charge in [-0.15, -0.1) is 0 Å². The summed E-state index contributed by atoms with van der Waals surface area (Å²) in [7, 11) is 3.54. The fourth-order valence-electron chi connectivity index (χ4n) is 3.72. The van der Waals surface area contributed by atoms with Crippen molar-refractivity contribution in [3.05, 3.63) is 59.4 Å². The number of carboxylic acids is 2. The monoisotopic (exact) mass is 568 g/mol. The average Bonchev–Trinajstić information content (AvgIpc) is 2.84. The van der Waals surface area contributed by atoms with E-state index in [2.05, 4.69) is 34.1 Å². The maximum Gasteiger partial charge on any atom is 0.490 e. The number of pyridine rings is 1. The van der Waals surface area contributed by atoms with Crippen LogP contribution in [-0.2, 0) is 27.3 Å². The molecule has 1 saturated heterocycles. The number of hydrogen-bond donors (Lipinski definition) is 2. The molecule has 2 N–H and O–H groups in total. The zero-order valence-corrected chi connectivity index (χ0v) is 21.4. The number of halogens is 6. The van der Waals surface area contributed by atoms with Gasteiger partial charge in [-0.1, -0.05) is 18.2 Å². The lowest BCUT2D eigenvalue weighted by Crippen LogP contribution is -2.44. The number of piperidine rings is 1. The Bertz CT molecular complexity index is 1020. The van der Waals surface area contributed by atoms with E-state index < -0.39 is 24.3 Å². The summed E-state index contributed by atoms with van der Waals surface area (Å²) in [6.07, 6.45) is -7.74. The van der Waals surface area contributed by atoms with E-state index in [0.29, 0.717) is 12.0 Å². The molecule has 8 nitrogen and oxygen atoms in total. The third kappa shape index (κ3) is 12.8. The highest BCUT2D eigenvalue weighted by Gasteiger charge is 2.39. The third-order valence-corrected chi connectivity index (χ3v) is 5.52. The van der Waals surface area contributed by atoms with Crippen molar-refractivity contribution in [1.29, 1.82) is 0 Å². The van der Waals surface area contributed by atoms with Gasteiger partial charge >= 0.3 is 24.3 Å². The molecule has 39 heavy (non-hydrogen) atoms. The first-order chi connectivity index (χ1) is 18.1. The number of methoxy groups -OCH3 is 2. The molecule has 1 aromatic carbocycles. The topological polar surface area (TPSA) is 109 Å². The smallest absolute Gasteiger partial charge is 0.490 e. The van der Waals surface area contributed by atoms with Crippen LogP contribution in [0.25, 0.3) is 0 Å². The summed E-state index contributed by atoms with van der Waals surface area (Å²) in [5, 5.41) is 14.2. The molecule has 0 amide bonds. The Hall–Kier alpha value is -3.39. The molecule has 2 aromatic rings. The molecule has 2 atom stereocenters. The summed E-state index contributed by atoms with van der Waals surface area (Å²) < 4.78 is 74.5. The van der Waals surface area contributed by atoms with E-state index in [1.165, 1.54) is 5.56 Å². The van der Waals surface area contributed by atoms with E-state index in [1.54, 1.807) is 7.11 Å². The summed E-state index contributed by atoms with van der Waals surface area (Å²) >= 11 is 0. The summed E-state index contributed by atoms with van der Waals surface area (Å²) in [4.78, 5) is 24.9. The van der Waals surface area contributed by atoms with E-state index in [1.807, 2.05) is 32.2 Å². The Morgan fingerprint density at radius 2 is 1.51 bits per heavy atom. The normalized spacial score (nSPS) is 17.7. The number of likely N-dealkylation sites (tertiary alicyclic amines) is 1. The van der Waals surface area contributed by atoms with Crippen molar-refractivity contribution in [2.75, 3.05) is 27.3 Å². The van der Waals surface area contributed by atoms with Gasteiger partial charge in [-0.3, -0.25) is 9.88 Å². The molecule has 218 valence electrons. The number of aryl methyl sites for hydroxylation is 1. The lowest BCUT2D eigenvalue weighted by atomic mass is 9.88. The summed E-state index contributed by atoms with van der Waals surface area (Å²) in [5.74, 6) is -4.11. The number of benzene rings is 1. The van der Waals surface area contributed by atoms with Crippen molar-refractivity contribution in [3.8, 4) is 5.75 Å². The van der Waals surface area contributed by atoms with Crippen LogP contribution in [0.5, 0.6) is 5.75 Å². The largest absolute Gasteiger partial charge is 0.497 e. The molecular weight excluding hydrogens is 538 g/mol. The molecule has 0 aliphatic carbocycles. The van der Waals surface area contributed by atoms with Crippen molar-refractivity contribution < 1.29 is 55.6 Å². The van der Waals surface area contributed by atoms with E-state index in [-0.39, 0.29) is 0 Å². The number of ether oxygens (including phenoxy) is 2. The van der Waals surface area contributed by atoms with Gasteiger partial charge in [0.25, 0.3) is 0 Å². The number of aromatic nitrogens is 1. The molecule has 0 spiro atoms. The van der Waals surface area contributed by atoms with Gasteiger partial charge in [0.1, 0.15) is 5.75 Å². The number of rotatable bonds is 6. The molecule has 1 aliphatic rings. The minimum absolute atomic E-state index is 0.323. The number of hydrogen-bond acceptors (Lipinski definition) is 6.